The minimum atomic E-state index is -1.32. The number of hydrogen-bond donors (Lipinski definition) is 1. The van der Waals surface area contributed by atoms with Crippen molar-refractivity contribution in [1.29, 1.82) is 0 Å². The molecule has 23 heavy (non-hydrogen) atoms. The largest absolute Gasteiger partial charge is 0.545 e. The molecule has 0 aliphatic carbocycles. The quantitative estimate of drug-likeness (QED) is 0.797. The van der Waals surface area contributed by atoms with Crippen molar-refractivity contribution >= 4 is 39.8 Å². The molecule has 0 amide bonds. The smallest absolute Gasteiger partial charge is 0.119 e. The first-order valence-corrected chi connectivity index (χ1v) is 7.17. The van der Waals surface area contributed by atoms with E-state index < -0.39 is 5.97 Å². The van der Waals surface area contributed by atoms with Gasteiger partial charge in [0.05, 0.1) is 35.0 Å². The molecular formula is C17H12ClN2O3-. The first-order chi connectivity index (χ1) is 11.1. The van der Waals surface area contributed by atoms with E-state index in [2.05, 4.69) is 10.3 Å². The molecule has 0 aliphatic rings. The number of para-hydroxylation sites is 1. The molecule has 0 fully saturated rings. The number of anilines is 2. The number of carboxylic acid groups (broad SMARTS) is 1. The van der Waals surface area contributed by atoms with Crippen LogP contribution in [-0.2, 0) is 0 Å². The number of nitrogens with one attached hydrogen (secondary N) is 1. The lowest BCUT2D eigenvalue weighted by Gasteiger charge is -2.16. The van der Waals surface area contributed by atoms with Gasteiger partial charge in [-0.25, -0.2) is 0 Å². The molecule has 3 aromatic rings. The van der Waals surface area contributed by atoms with E-state index in [0.717, 1.165) is 0 Å². The molecule has 0 unspecified atom stereocenters. The maximum Gasteiger partial charge on any atom is 0.119 e. The first-order valence-electron chi connectivity index (χ1n) is 6.80. The van der Waals surface area contributed by atoms with Crippen LogP contribution in [0.3, 0.4) is 0 Å². The van der Waals surface area contributed by atoms with E-state index in [0.29, 0.717) is 33.0 Å². The summed E-state index contributed by atoms with van der Waals surface area (Å²) in [6.45, 7) is 0. The topological polar surface area (TPSA) is 74.3 Å². The predicted octanol–water partition coefficient (Wildman–Crippen LogP) is 3.00. The Morgan fingerprint density at radius 3 is 2.74 bits per heavy atom. The van der Waals surface area contributed by atoms with E-state index >= 15 is 0 Å². The van der Waals surface area contributed by atoms with Gasteiger partial charge in [0, 0.05) is 17.1 Å². The molecule has 3 rings (SSSR count). The second-order valence-corrected chi connectivity index (χ2v) is 5.23. The molecule has 0 atom stereocenters. The van der Waals surface area contributed by atoms with E-state index in [1.165, 1.54) is 6.20 Å². The Balaban J connectivity index is 2.24. The maximum atomic E-state index is 11.4. The summed E-state index contributed by atoms with van der Waals surface area (Å²) < 4.78 is 5.21. The number of carboxylic acids is 1. The SMILES string of the molecule is COc1ccc2ncc(C(=O)[O-])c(Nc3ccccc3Cl)c2c1. The predicted molar refractivity (Wildman–Crippen MR) is 87.4 cm³/mol. The second kappa shape index (κ2) is 6.14. The fourth-order valence-corrected chi connectivity index (χ4v) is 2.47. The second-order valence-electron chi connectivity index (χ2n) is 4.82. The third-order valence-corrected chi connectivity index (χ3v) is 3.76. The van der Waals surface area contributed by atoms with E-state index in [1.807, 2.05) is 0 Å². The third-order valence-electron chi connectivity index (χ3n) is 3.43. The number of carbonyl (C=O) groups is 1. The summed E-state index contributed by atoms with van der Waals surface area (Å²) in [7, 11) is 1.54. The summed E-state index contributed by atoms with van der Waals surface area (Å²) in [4.78, 5) is 15.6. The summed E-state index contributed by atoms with van der Waals surface area (Å²) in [6.07, 6.45) is 1.27. The van der Waals surface area contributed by atoms with Gasteiger partial charge in [-0.3, -0.25) is 4.98 Å². The molecule has 116 valence electrons. The van der Waals surface area contributed by atoms with Crippen LogP contribution in [0.5, 0.6) is 5.75 Å². The number of rotatable bonds is 4. The van der Waals surface area contributed by atoms with Crippen molar-refractivity contribution in [1.82, 2.24) is 4.98 Å². The normalized spacial score (nSPS) is 10.5. The zero-order valence-corrected chi connectivity index (χ0v) is 12.9. The van der Waals surface area contributed by atoms with Crippen LogP contribution in [0, 0.1) is 0 Å². The number of carbonyl (C=O) groups excluding carboxylic acids is 1. The van der Waals surface area contributed by atoms with Crippen LogP contribution in [0.2, 0.25) is 5.02 Å². The number of nitrogens with zero attached hydrogens (tertiary/aromatic N) is 1. The molecule has 1 aromatic heterocycles. The van der Waals surface area contributed by atoms with Crippen LogP contribution in [0.15, 0.2) is 48.7 Å². The molecule has 1 N–H and O–H groups in total. The summed E-state index contributed by atoms with van der Waals surface area (Å²) in [5.74, 6) is -0.728. The Morgan fingerprint density at radius 2 is 2.04 bits per heavy atom. The summed E-state index contributed by atoms with van der Waals surface area (Å²) in [5, 5.41) is 15.6. The molecule has 0 aliphatic heterocycles. The average Bonchev–Trinajstić information content (AvgIpc) is 2.56. The summed E-state index contributed by atoms with van der Waals surface area (Å²) >= 11 is 6.15. The van der Waals surface area contributed by atoms with Crippen molar-refractivity contribution in [2.75, 3.05) is 12.4 Å². The lowest BCUT2D eigenvalue weighted by molar-refractivity contribution is -0.254. The Bertz CT molecular complexity index is 896. The van der Waals surface area contributed by atoms with Crippen molar-refractivity contribution in [2.24, 2.45) is 0 Å². The molecular weight excluding hydrogens is 316 g/mol. The molecule has 5 nitrogen and oxygen atoms in total. The van der Waals surface area contributed by atoms with Crippen molar-refractivity contribution in [3.8, 4) is 5.75 Å². The first kappa shape index (κ1) is 15.1. The standard InChI is InChI=1S/C17H13ClN2O3/c1-23-10-6-7-14-11(8-10)16(12(9-19-14)17(21)22)20-15-5-3-2-4-13(15)18/h2-9H,1H3,(H,19,20)(H,21,22)/p-1. The van der Waals surface area contributed by atoms with Crippen molar-refractivity contribution < 1.29 is 14.6 Å². The van der Waals surface area contributed by atoms with Crippen LogP contribution in [-0.4, -0.2) is 18.1 Å². The van der Waals surface area contributed by atoms with Crippen LogP contribution >= 0.6 is 11.6 Å². The lowest BCUT2D eigenvalue weighted by atomic mass is 10.1. The number of pyridine rings is 1. The fraction of sp³-hybridized carbons (Fsp3) is 0.0588. The fourth-order valence-electron chi connectivity index (χ4n) is 2.29. The Labute approximate surface area is 137 Å². The van der Waals surface area contributed by atoms with Gasteiger partial charge in [-0.2, -0.15) is 0 Å². The molecule has 0 saturated heterocycles. The van der Waals surface area contributed by atoms with Gasteiger partial charge in [0.1, 0.15) is 5.75 Å². The zero-order chi connectivity index (χ0) is 16.4. The van der Waals surface area contributed by atoms with Gasteiger partial charge in [-0.05, 0) is 30.3 Å². The van der Waals surface area contributed by atoms with E-state index in [4.69, 9.17) is 16.3 Å². The Morgan fingerprint density at radius 1 is 1.26 bits per heavy atom. The molecule has 0 radical (unpaired) electrons. The zero-order valence-electron chi connectivity index (χ0n) is 12.2. The molecule has 0 saturated carbocycles. The maximum absolute atomic E-state index is 11.4. The number of ether oxygens (including phenoxy) is 1. The number of aromatic carboxylic acids is 1. The van der Waals surface area contributed by atoms with E-state index in [1.54, 1.807) is 49.6 Å². The number of methoxy groups -OCH3 is 1. The van der Waals surface area contributed by atoms with Crippen molar-refractivity contribution in [3.05, 3.63) is 59.2 Å². The summed E-state index contributed by atoms with van der Waals surface area (Å²) in [6, 6.07) is 12.3. The number of hydrogen-bond acceptors (Lipinski definition) is 5. The highest BCUT2D eigenvalue weighted by Gasteiger charge is 2.12. The highest BCUT2D eigenvalue weighted by Crippen LogP contribution is 2.33. The van der Waals surface area contributed by atoms with Gasteiger partial charge in [0.15, 0.2) is 0 Å². The van der Waals surface area contributed by atoms with Gasteiger partial charge < -0.3 is 20.0 Å². The third kappa shape index (κ3) is 2.91. The average molecular weight is 328 g/mol. The van der Waals surface area contributed by atoms with Crippen LogP contribution in [0.25, 0.3) is 10.9 Å². The highest BCUT2D eigenvalue weighted by molar-refractivity contribution is 6.33. The van der Waals surface area contributed by atoms with Crippen molar-refractivity contribution in [2.45, 2.75) is 0 Å². The number of benzene rings is 2. The lowest BCUT2D eigenvalue weighted by Crippen LogP contribution is -2.23. The van der Waals surface area contributed by atoms with E-state index in [9.17, 15) is 9.90 Å². The number of aromatic nitrogens is 1. The Hall–Kier alpha value is -2.79. The summed E-state index contributed by atoms with van der Waals surface area (Å²) in [5.41, 5.74) is 1.53. The molecule has 0 spiro atoms. The number of halogens is 1. The molecule has 2 aromatic carbocycles. The molecule has 0 bridgehead atoms. The van der Waals surface area contributed by atoms with Gasteiger partial charge in [-0.15, -0.1) is 0 Å². The minimum Gasteiger partial charge on any atom is -0.545 e. The van der Waals surface area contributed by atoms with Gasteiger partial charge >= 0.3 is 0 Å². The number of fused-ring (bicyclic) bond motifs is 1. The van der Waals surface area contributed by atoms with E-state index in [-0.39, 0.29) is 5.56 Å². The molecule has 1 heterocycles. The molecule has 6 heteroatoms. The van der Waals surface area contributed by atoms with Gasteiger partial charge in [0.25, 0.3) is 0 Å². The van der Waals surface area contributed by atoms with Gasteiger partial charge in [0.2, 0.25) is 0 Å². The monoisotopic (exact) mass is 327 g/mol. The Kier molecular flexibility index (Phi) is 4.04. The van der Waals surface area contributed by atoms with Crippen LogP contribution in [0.4, 0.5) is 11.4 Å². The van der Waals surface area contributed by atoms with Gasteiger partial charge in [-0.1, -0.05) is 23.7 Å². The van der Waals surface area contributed by atoms with Crippen molar-refractivity contribution in [3.63, 3.8) is 0 Å². The van der Waals surface area contributed by atoms with Crippen LogP contribution in [0.1, 0.15) is 10.4 Å². The minimum absolute atomic E-state index is 0.0503. The van der Waals surface area contributed by atoms with Crippen LogP contribution < -0.4 is 15.2 Å². The highest BCUT2D eigenvalue weighted by atomic mass is 35.5.